The molecule has 0 aromatic carbocycles. The molecule has 2 atom stereocenters. The number of aromatic nitrogens is 1. The van der Waals surface area contributed by atoms with Crippen molar-refractivity contribution in [1.29, 1.82) is 0 Å². The van der Waals surface area contributed by atoms with Gasteiger partial charge in [-0.2, -0.15) is 0 Å². The van der Waals surface area contributed by atoms with Crippen LogP contribution in [0.2, 0.25) is 0 Å². The van der Waals surface area contributed by atoms with Crippen molar-refractivity contribution in [2.45, 2.75) is 12.5 Å². The predicted octanol–water partition coefficient (Wildman–Crippen LogP) is 0.629. The highest BCUT2D eigenvalue weighted by Gasteiger charge is 2.23. The van der Waals surface area contributed by atoms with Crippen LogP contribution in [-0.4, -0.2) is 22.0 Å². The third-order valence-corrected chi connectivity index (χ3v) is 2.48. The molecule has 0 fully saturated rings. The largest absolute Gasteiger partial charge is 0.504 e. The first-order valence-electron chi connectivity index (χ1n) is 5.05. The van der Waals surface area contributed by atoms with Crippen LogP contribution in [0.1, 0.15) is 6.42 Å². The third kappa shape index (κ3) is 2.20. The summed E-state index contributed by atoms with van der Waals surface area (Å²) in [6.07, 6.45) is 5.69. The number of hydrogen-bond donors (Lipinski definition) is 3. The molecular weight excluding hydrogens is 206 g/mol. The van der Waals surface area contributed by atoms with Crippen molar-refractivity contribution >= 4 is 11.7 Å². The normalized spacial score (nSPS) is 23.3. The minimum atomic E-state index is -0.239. The second-order valence-electron chi connectivity index (χ2n) is 3.75. The Kier molecular flexibility index (Phi) is 2.87. The first kappa shape index (κ1) is 10.6. The molecule has 0 spiro atoms. The van der Waals surface area contributed by atoms with E-state index in [4.69, 9.17) is 5.73 Å². The highest BCUT2D eigenvalue weighted by atomic mass is 16.3. The van der Waals surface area contributed by atoms with Crippen LogP contribution in [0.5, 0.6) is 5.75 Å². The maximum atomic E-state index is 11.7. The lowest BCUT2D eigenvalue weighted by Gasteiger charge is -2.10. The van der Waals surface area contributed by atoms with Crippen molar-refractivity contribution in [3.8, 4) is 5.75 Å². The zero-order valence-corrected chi connectivity index (χ0v) is 8.63. The number of nitrogens with zero attached hydrogens (tertiary/aromatic N) is 1. The lowest BCUT2D eigenvalue weighted by atomic mass is 10.1. The lowest BCUT2D eigenvalue weighted by Crippen LogP contribution is -2.24. The monoisotopic (exact) mass is 219 g/mol. The van der Waals surface area contributed by atoms with Crippen molar-refractivity contribution in [2.24, 2.45) is 11.7 Å². The minimum absolute atomic E-state index is 0.0397. The Morgan fingerprint density at radius 2 is 2.38 bits per heavy atom. The van der Waals surface area contributed by atoms with E-state index in [1.54, 1.807) is 12.1 Å². The van der Waals surface area contributed by atoms with Crippen LogP contribution in [0.3, 0.4) is 0 Å². The molecule has 16 heavy (non-hydrogen) atoms. The predicted molar refractivity (Wildman–Crippen MR) is 59.8 cm³/mol. The van der Waals surface area contributed by atoms with Gasteiger partial charge in [-0.15, -0.1) is 0 Å². The molecule has 0 aliphatic heterocycles. The van der Waals surface area contributed by atoms with Gasteiger partial charge in [-0.25, -0.2) is 4.98 Å². The maximum Gasteiger partial charge on any atom is 0.232 e. The summed E-state index contributed by atoms with van der Waals surface area (Å²) in [6, 6.07) is 3.00. The summed E-state index contributed by atoms with van der Waals surface area (Å²) in [5.41, 5.74) is 5.65. The molecule has 1 aliphatic carbocycles. The number of pyridine rings is 1. The van der Waals surface area contributed by atoms with Crippen LogP contribution in [0.4, 0.5) is 5.82 Å². The van der Waals surface area contributed by atoms with Gasteiger partial charge in [0.25, 0.3) is 0 Å². The molecule has 0 saturated heterocycles. The molecular formula is C11H13N3O2. The van der Waals surface area contributed by atoms with Gasteiger partial charge >= 0.3 is 0 Å². The lowest BCUT2D eigenvalue weighted by molar-refractivity contribution is -0.118. The molecule has 1 aromatic heterocycles. The van der Waals surface area contributed by atoms with E-state index in [9.17, 15) is 9.90 Å². The van der Waals surface area contributed by atoms with Crippen LogP contribution in [0, 0.1) is 5.92 Å². The van der Waals surface area contributed by atoms with E-state index < -0.39 is 0 Å². The van der Waals surface area contributed by atoms with Crippen LogP contribution < -0.4 is 11.1 Å². The summed E-state index contributed by atoms with van der Waals surface area (Å²) in [4.78, 5) is 15.6. The Bertz CT molecular complexity index is 431. The molecule has 2 unspecified atom stereocenters. The first-order chi connectivity index (χ1) is 7.66. The van der Waals surface area contributed by atoms with Gasteiger partial charge in [0.2, 0.25) is 5.91 Å². The molecule has 5 nitrogen and oxygen atoms in total. The number of carbonyl (C=O) groups is 1. The maximum absolute atomic E-state index is 11.7. The van der Waals surface area contributed by atoms with Crippen molar-refractivity contribution < 1.29 is 9.90 Å². The summed E-state index contributed by atoms with van der Waals surface area (Å²) in [6.45, 7) is 0. The van der Waals surface area contributed by atoms with Gasteiger partial charge in [-0.3, -0.25) is 4.79 Å². The smallest absolute Gasteiger partial charge is 0.232 e. The Hall–Kier alpha value is -1.88. The number of anilines is 1. The summed E-state index contributed by atoms with van der Waals surface area (Å²) in [5.74, 6) is -0.293. The van der Waals surface area contributed by atoms with Crippen molar-refractivity contribution in [1.82, 2.24) is 4.98 Å². The number of nitrogens with two attached hydrogens (primary N) is 1. The minimum Gasteiger partial charge on any atom is -0.504 e. The van der Waals surface area contributed by atoms with Gasteiger partial charge in [0.05, 0.1) is 5.92 Å². The highest BCUT2D eigenvalue weighted by molar-refractivity contribution is 5.94. The molecule has 1 heterocycles. The number of nitrogens with one attached hydrogen (secondary N) is 1. The Labute approximate surface area is 93.0 Å². The molecule has 2 rings (SSSR count). The number of aromatic hydroxyl groups is 1. The van der Waals surface area contributed by atoms with E-state index in [2.05, 4.69) is 10.3 Å². The Morgan fingerprint density at radius 1 is 1.56 bits per heavy atom. The van der Waals surface area contributed by atoms with E-state index in [0.29, 0.717) is 6.42 Å². The molecule has 1 amide bonds. The van der Waals surface area contributed by atoms with Gasteiger partial charge in [0, 0.05) is 12.2 Å². The Balaban J connectivity index is 2.03. The average molecular weight is 219 g/mol. The summed E-state index contributed by atoms with van der Waals surface area (Å²) in [7, 11) is 0. The quantitative estimate of drug-likeness (QED) is 0.636. The van der Waals surface area contributed by atoms with Crippen LogP contribution in [0.15, 0.2) is 30.5 Å². The van der Waals surface area contributed by atoms with Gasteiger partial charge in [-0.05, 0) is 18.6 Å². The molecule has 1 aromatic rings. The second kappa shape index (κ2) is 4.32. The van der Waals surface area contributed by atoms with Crippen LogP contribution in [-0.2, 0) is 4.79 Å². The number of rotatable bonds is 2. The fourth-order valence-electron chi connectivity index (χ4n) is 1.62. The Morgan fingerprint density at radius 3 is 3.00 bits per heavy atom. The SMILES string of the molecule is NC1C=CC(C(=O)Nc2ncccc2O)C1. The van der Waals surface area contributed by atoms with E-state index in [1.165, 1.54) is 12.3 Å². The van der Waals surface area contributed by atoms with Gasteiger partial charge in [0.15, 0.2) is 11.6 Å². The van der Waals surface area contributed by atoms with E-state index in [-0.39, 0.29) is 29.4 Å². The number of amides is 1. The zero-order valence-electron chi connectivity index (χ0n) is 8.63. The summed E-state index contributed by atoms with van der Waals surface area (Å²) >= 11 is 0. The standard InChI is InChI=1S/C11H13N3O2/c12-8-4-3-7(6-8)11(16)14-10-9(15)2-1-5-13-10/h1-5,7-8,15H,6,12H2,(H,13,14,16). The molecule has 0 bridgehead atoms. The van der Waals surface area contributed by atoms with Crippen molar-refractivity contribution in [2.75, 3.05) is 5.32 Å². The molecule has 84 valence electrons. The molecule has 0 radical (unpaired) electrons. The first-order valence-corrected chi connectivity index (χ1v) is 5.05. The molecule has 1 aliphatic rings. The number of carbonyl (C=O) groups excluding carboxylic acids is 1. The van der Waals surface area contributed by atoms with E-state index in [0.717, 1.165) is 0 Å². The second-order valence-corrected chi connectivity index (χ2v) is 3.75. The van der Waals surface area contributed by atoms with Gasteiger partial charge in [0.1, 0.15) is 0 Å². The van der Waals surface area contributed by atoms with E-state index >= 15 is 0 Å². The average Bonchev–Trinajstić information content (AvgIpc) is 2.68. The van der Waals surface area contributed by atoms with Gasteiger partial charge in [-0.1, -0.05) is 12.2 Å². The molecule has 5 heteroatoms. The molecule has 0 saturated carbocycles. The molecule has 4 N–H and O–H groups in total. The zero-order chi connectivity index (χ0) is 11.5. The fourth-order valence-corrected chi connectivity index (χ4v) is 1.62. The van der Waals surface area contributed by atoms with Crippen molar-refractivity contribution in [3.05, 3.63) is 30.5 Å². The third-order valence-electron chi connectivity index (χ3n) is 2.48. The van der Waals surface area contributed by atoms with Crippen LogP contribution >= 0.6 is 0 Å². The fraction of sp³-hybridized carbons (Fsp3) is 0.273. The van der Waals surface area contributed by atoms with Gasteiger partial charge < -0.3 is 16.2 Å². The van der Waals surface area contributed by atoms with E-state index in [1.807, 2.05) is 6.08 Å². The number of hydrogen-bond acceptors (Lipinski definition) is 4. The summed E-state index contributed by atoms with van der Waals surface area (Å²) < 4.78 is 0. The highest BCUT2D eigenvalue weighted by Crippen LogP contribution is 2.22. The topological polar surface area (TPSA) is 88.2 Å². The summed E-state index contributed by atoms with van der Waals surface area (Å²) in [5, 5.41) is 12.0. The van der Waals surface area contributed by atoms with Crippen LogP contribution in [0.25, 0.3) is 0 Å². The van der Waals surface area contributed by atoms with Crippen molar-refractivity contribution in [3.63, 3.8) is 0 Å².